The van der Waals surface area contributed by atoms with Crippen LogP contribution in [0, 0.1) is 0 Å². The largest absolute Gasteiger partial charge is 0.349 e. The van der Waals surface area contributed by atoms with Gasteiger partial charge >= 0.3 is 0 Å². The molecule has 1 aromatic heterocycles. The van der Waals surface area contributed by atoms with Gasteiger partial charge in [-0.05, 0) is 55.8 Å². The number of carbonyl (C=O) groups excluding carboxylic acids is 2. The Labute approximate surface area is 185 Å². The predicted octanol–water partition coefficient (Wildman–Crippen LogP) is 2.88. The molecule has 1 saturated carbocycles. The maximum atomic E-state index is 12.6. The molecule has 0 saturated heterocycles. The van der Waals surface area contributed by atoms with E-state index in [9.17, 15) is 9.59 Å². The molecule has 0 atom stereocenters. The second kappa shape index (κ2) is 9.28. The van der Waals surface area contributed by atoms with E-state index in [0.717, 1.165) is 18.4 Å². The van der Waals surface area contributed by atoms with Crippen molar-refractivity contribution in [3.05, 3.63) is 71.3 Å². The van der Waals surface area contributed by atoms with Gasteiger partial charge in [-0.2, -0.15) is 5.10 Å². The van der Waals surface area contributed by atoms with Crippen LogP contribution in [0.2, 0.25) is 5.02 Å². The maximum absolute atomic E-state index is 12.6. The minimum absolute atomic E-state index is 0.0357. The predicted molar refractivity (Wildman–Crippen MR) is 118 cm³/mol. The van der Waals surface area contributed by atoms with Crippen LogP contribution in [0.25, 0.3) is 5.69 Å². The number of likely N-dealkylation sites (N-methyl/N-ethyl adjacent to an activating group) is 1. The lowest BCUT2D eigenvalue weighted by Crippen LogP contribution is -2.30. The molecule has 1 aliphatic rings. The molecule has 0 spiro atoms. The first-order valence-electron chi connectivity index (χ1n) is 10.0. The molecule has 0 unspecified atom stereocenters. The third-order valence-corrected chi connectivity index (χ3v) is 5.13. The van der Waals surface area contributed by atoms with Gasteiger partial charge in [0.05, 0.1) is 17.9 Å². The first kappa shape index (κ1) is 21.0. The molecule has 0 radical (unpaired) electrons. The summed E-state index contributed by atoms with van der Waals surface area (Å²) < 4.78 is 1.57. The van der Waals surface area contributed by atoms with Crippen molar-refractivity contribution >= 4 is 29.1 Å². The van der Waals surface area contributed by atoms with Crippen molar-refractivity contribution in [2.75, 3.05) is 18.9 Å². The van der Waals surface area contributed by atoms with Crippen LogP contribution in [0.5, 0.6) is 0 Å². The van der Waals surface area contributed by atoms with Gasteiger partial charge in [0.15, 0.2) is 0 Å². The number of aromatic nitrogens is 3. The third kappa shape index (κ3) is 5.68. The summed E-state index contributed by atoms with van der Waals surface area (Å²) in [6.45, 7) is 0.761. The van der Waals surface area contributed by atoms with E-state index in [0.29, 0.717) is 34.5 Å². The summed E-state index contributed by atoms with van der Waals surface area (Å²) in [5.74, 6) is -0.210. The highest BCUT2D eigenvalue weighted by atomic mass is 35.5. The number of rotatable bonds is 8. The molecule has 2 aromatic carbocycles. The van der Waals surface area contributed by atoms with Gasteiger partial charge in [-0.3, -0.25) is 14.5 Å². The molecule has 31 heavy (non-hydrogen) atoms. The fourth-order valence-corrected chi connectivity index (χ4v) is 3.37. The minimum atomic E-state index is -0.174. The smallest absolute Gasteiger partial charge is 0.251 e. The van der Waals surface area contributed by atoms with Gasteiger partial charge in [-0.1, -0.05) is 23.7 Å². The van der Waals surface area contributed by atoms with E-state index in [1.807, 2.05) is 36.2 Å². The van der Waals surface area contributed by atoms with Crippen molar-refractivity contribution in [1.29, 1.82) is 0 Å². The van der Waals surface area contributed by atoms with Crippen molar-refractivity contribution < 1.29 is 9.59 Å². The van der Waals surface area contributed by atoms with Crippen LogP contribution in [0.3, 0.4) is 0 Å². The zero-order valence-corrected chi connectivity index (χ0v) is 17.8. The van der Waals surface area contributed by atoms with E-state index in [1.165, 1.54) is 6.33 Å². The van der Waals surface area contributed by atoms with Crippen LogP contribution >= 0.6 is 11.6 Å². The number of amides is 2. The van der Waals surface area contributed by atoms with Gasteiger partial charge in [-0.25, -0.2) is 9.67 Å². The molecule has 160 valence electrons. The number of benzene rings is 2. The fourth-order valence-electron chi connectivity index (χ4n) is 3.20. The minimum Gasteiger partial charge on any atom is -0.349 e. The summed E-state index contributed by atoms with van der Waals surface area (Å²) in [6.07, 6.45) is 5.10. The summed E-state index contributed by atoms with van der Waals surface area (Å²) >= 11 is 6.11. The average molecular weight is 439 g/mol. The monoisotopic (exact) mass is 438 g/mol. The molecule has 0 bridgehead atoms. The molecule has 3 aromatic rings. The molecule has 4 rings (SSSR count). The summed E-state index contributed by atoms with van der Waals surface area (Å²) in [5, 5.41) is 10.5. The maximum Gasteiger partial charge on any atom is 0.251 e. The van der Waals surface area contributed by atoms with Gasteiger partial charge < -0.3 is 10.6 Å². The number of hydrogen-bond acceptors (Lipinski definition) is 5. The SMILES string of the molecule is CN(CC(=O)Nc1cc(Cl)ccc1-n1cncn1)Cc1ccc(C(=O)NC2CC2)cc1. The van der Waals surface area contributed by atoms with Crippen molar-refractivity contribution in [3.8, 4) is 5.69 Å². The lowest BCUT2D eigenvalue weighted by molar-refractivity contribution is -0.117. The first-order valence-corrected chi connectivity index (χ1v) is 10.4. The summed E-state index contributed by atoms with van der Waals surface area (Å²) in [4.78, 5) is 30.5. The molecule has 9 heteroatoms. The van der Waals surface area contributed by atoms with Crippen molar-refractivity contribution in [2.45, 2.75) is 25.4 Å². The lowest BCUT2D eigenvalue weighted by Gasteiger charge is -2.18. The highest BCUT2D eigenvalue weighted by molar-refractivity contribution is 6.31. The van der Waals surface area contributed by atoms with Crippen LogP contribution < -0.4 is 10.6 Å². The van der Waals surface area contributed by atoms with Crippen LogP contribution in [0.15, 0.2) is 55.1 Å². The van der Waals surface area contributed by atoms with Gasteiger partial charge in [0, 0.05) is 23.2 Å². The Hall–Kier alpha value is -3.23. The number of carbonyl (C=O) groups is 2. The summed E-state index contributed by atoms with van der Waals surface area (Å²) in [6, 6.07) is 13.0. The topological polar surface area (TPSA) is 92.2 Å². The zero-order chi connectivity index (χ0) is 21.8. The Morgan fingerprint density at radius 3 is 2.65 bits per heavy atom. The second-order valence-corrected chi connectivity index (χ2v) is 8.10. The number of halogens is 1. The Morgan fingerprint density at radius 1 is 1.19 bits per heavy atom. The molecular weight excluding hydrogens is 416 g/mol. The lowest BCUT2D eigenvalue weighted by atomic mass is 10.1. The normalized spacial score (nSPS) is 13.3. The standard InChI is InChI=1S/C22H23ClN6O2/c1-28(11-15-2-4-16(5-3-15)22(31)26-18-7-8-18)12-21(30)27-19-10-17(23)6-9-20(19)29-14-24-13-25-29/h2-6,9-10,13-14,18H,7-8,11-12H2,1H3,(H,26,31)(H,27,30). The van der Waals surface area contributed by atoms with Gasteiger partial charge in [-0.15, -0.1) is 0 Å². The number of nitrogens with one attached hydrogen (secondary N) is 2. The molecule has 8 nitrogen and oxygen atoms in total. The van der Waals surface area contributed by atoms with Gasteiger partial charge in [0.2, 0.25) is 5.91 Å². The Kier molecular flexibility index (Phi) is 6.29. The van der Waals surface area contributed by atoms with E-state index in [4.69, 9.17) is 11.6 Å². The molecular formula is C22H23ClN6O2. The van der Waals surface area contributed by atoms with Gasteiger partial charge in [0.25, 0.3) is 5.91 Å². The first-order chi connectivity index (χ1) is 15.0. The second-order valence-electron chi connectivity index (χ2n) is 7.67. The number of nitrogens with zero attached hydrogens (tertiary/aromatic N) is 4. The van der Waals surface area contributed by atoms with Crippen molar-refractivity contribution in [3.63, 3.8) is 0 Å². The number of hydrogen-bond donors (Lipinski definition) is 2. The molecule has 1 fully saturated rings. The Morgan fingerprint density at radius 2 is 1.97 bits per heavy atom. The van der Waals surface area contributed by atoms with Crippen molar-refractivity contribution in [2.24, 2.45) is 0 Å². The Bertz CT molecular complexity index is 1060. The van der Waals surface area contributed by atoms with Crippen LogP contribution in [0.1, 0.15) is 28.8 Å². The van der Waals surface area contributed by atoms with Crippen LogP contribution in [0.4, 0.5) is 5.69 Å². The third-order valence-electron chi connectivity index (χ3n) is 4.89. The fraction of sp³-hybridized carbons (Fsp3) is 0.273. The van der Waals surface area contributed by atoms with E-state index in [1.54, 1.807) is 29.2 Å². The van der Waals surface area contributed by atoms with Gasteiger partial charge in [0.1, 0.15) is 12.7 Å². The molecule has 1 heterocycles. The highest BCUT2D eigenvalue weighted by Gasteiger charge is 2.23. The van der Waals surface area contributed by atoms with Crippen LogP contribution in [-0.4, -0.2) is 51.1 Å². The van der Waals surface area contributed by atoms with E-state index in [2.05, 4.69) is 20.7 Å². The van der Waals surface area contributed by atoms with E-state index in [-0.39, 0.29) is 18.4 Å². The summed E-state index contributed by atoms with van der Waals surface area (Å²) in [7, 11) is 1.86. The number of anilines is 1. The quantitative estimate of drug-likeness (QED) is 0.564. The van der Waals surface area contributed by atoms with Crippen LogP contribution in [-0.2, 0) is 11.3 Å². The van der Waals surface area contributed by atoms with E-state index < -0.39 is 0 Å². The average Bonchev–Trinajstić information content (AvgIpc) is 3.37. The summed E-state index contributed by atoms with van der Waals surface area (Å²) in [5.41, 5.74) is 2.90. The molecule has 1 aliphatic carbocycles. The molecule has 2 N–H and O–H groups in total. The Balaban J connectivity index is 1.34. The zero-order valence-electron chi connectivity index (χ0n) is 17.1. The van der Waals surface area contributed by atoms with E-state index >= 15 is 0 Å². The molecule has 0 aliphatic heterocycles. The molecule has 2 amide bonds. The highest BCUT2D eigenvalue weighted by Crippen LogP contribution is 2.24. The van der Waals surface area contributed by atoms with Crippen molar-refractivity contribution in [1.82, 2.24) is 25.0 Å².